The molecule has 222 valence electrons. The molecule has 0 radical (unpaired) electrons. The number of hydrogen-bond acceptors (Lipinski definition) is 2. The molecule has 2 nitrogen and oxygen atoms in total. The Morgan fingerprint density at radius 1 is 0.585 bits per heavy atom. The van der Waals surface area contributed by atoms with E-state index in [0.717, 1.165) is 42.8 Å². The Labute approximate surface area is 252 Å². The molecule has 0 saturated carbocycles. The second-order valence-electron chi connectivity index (χ2n) is 11.0. The van der Waals surface area contributed by atoms with Crippen LogP contribution in [0.15, 0.2) is 95.0 Å². The molecule has 2 aromatic carbocycles. The highest BCUT2D eigenvalue weighted by molar-refractivity contribution is 6.36. The van der Waals surface area contributed by atoms with Crippen LogP contribution in [-0.2, 0) is 12.8 Å². The lowest BCUT2D eigenvalue weighted by Gasteiger charge is -2.06. The Morgan fingerprint density at radius 3 is 1.63 bits per heavy atom. The molecule has 2 rings (SSSR count). The summed E-state index contributed by atoms with van der Waals surface area (Å²) in [5.74, 6) is 0. The third-order valence-corrected chi connectivity index (χ3v) is 7.35. The average Bonchev–Trinajstić information content (AvgIpc) is 2.99. The van der Waals surface area contributed by atoms with E-state index < -0.39 is 0 Å². The Morgan fingerprint density at radius 2 is 1.07 bits per heavy atom. The number of unbranched alkanes of at least 4 members (excludes halogenated alkanes) is 10. The maximum Gasteiger partial charge on any atom is 0.0816 e. The lowest BCUT2D eigenvalue weighted by atomic mass is 10.1. The SMILES string of the molecule is CC=CC(C=Nc1ccccc1CCC=CCCCCCCC)=Nc1ccccc1CCC=CCCCCCCC. The molecule has 0 aliphatic heterocycles. The number of aryl methyl sites for hydroxylation is 2. The topological polar surface area (TPSA) is 24.7 Å². The summed E-state index contributed by atoms with van der Waals surface area (Å²) in [5, 5.41) is 0. The van der Waals surface area contributed by atoms with Crippen molar-refractivity contribution in [3.8, 4) is 0 Å². The second-order valence-corrected chi connectivity index (χ2v) is 11.0. The lowest BCUT2D eigenvalue weighted by Crippen LogP contribution is -1.96. The maximum absolute atomic E-state index is 5.02. The summed E-state index contributed by atoms with van der Waals surface area (Å²) < 4.78 is 0. The first-order chi connectivity index (χ1) is 20.3. The first-order valence-corrected chi connectivity index (χ1v) is 16.5. The maximum atomic E-state index is 5.02. The first-order valence-electron chi connectivity index (χ1n) is 16.5. The molecule has 0 fully saturated rings. The number of para-hydroxylation sites is 2. The minimum atomic E-state index is 0.875. The van der Waals surface area contributed by atoms with Gasteiger partial charge in [-0.3, -0.25) is 4.99 Å². The molecule has 2 aromatic rings. The first kappa shape index (κ1) is 34.2. The number of benzene rings is 2. The summed E-state index contributed by atoms with van der Waals surface area (Å²) in [6.45, 7) is 6.58. The van der Waals surface area contributed by atoms with E-state index in [9.17, 15) is 0 Å². The summed E-state index contributed by atoms with van der Waals surface area (Å²) >= 11 is 0. The fraction of sp³-hybridized carbons (Fsp3) is 0.487. The van der Waals surface area contributed by atoms with Gasteiger partial charge in [0.1, 0.15) is 0 Å². The van der Waals surface area contributed by atoms with E-state index in [-0.39, 0.29) is 0 Å². The normalized spacial score (nSPS) is 12.6. The molecule has 0 saturated heterocycles. The van der Waals surface area contributed by atoms with Crippen LogP contribution in [0.25, 0.3) is 0 Å². The van der Waals surface area contributed by atoms with Gasteiger partial charge in [0.05, 0.1) is 23.3 Å². The zero-order valence-electron chi connectivity index (χ0n) is 26.4. The average molecular weight is 553 g/mol. The van der Waals surface area contributed by atoms with Crippen molar-refractivity contribution in [1.82, 2.24) is 0 Å². The van der Waals surface area contributed by atoms with Crippen molar-refractivity contribution in [2.75, 3.05) is 0 Å². The van der Waals surface area contributed by atoms with E-state index in [1.54, 1.807) is 0 Å². The van der Waals surface area contributed by atoms with Crippen molar-refractivity contribution in [2.24, 2.45) is 9.98 Å². The molecular weight excluding hydrogens is 496 g/mol. The van der Waals surface area contributed by atoms with Crippen LogP contribution in [0, 0.1) is 0 Å². The number of allylic oxidation sites excluding steroid dienone is 6. The monoisotopic (exact) mass is 552 g/mol. The Kier molecular flexibility index (Phi) is 19.8. The minimum absolute atomic E-state index is 0.875. The Bertz CT molecular complexity index is 1090. The van der Waals surface area contributed by atoms with E-state index in [1.807, 2.05) is 25.3 Å². The summed E-state index contributed by atoms with van der Waals surface area (Å²) in [6, 6.07) is 17.0. The van der Waals surface area contributed by atoms with E-state index in [2.05, 4.69) is 86.7 Å². The van der Waals surface area contributed by atoms with Crippen molar-refractivity contribution in [1.29, 1.82) is 0 Å². The number of aliphatic imine (C=N–C) groups is 2. The minimum Gasteiger partial charge on any atom is -0.254 e. The van der Waals surface area contributed by atoms with Crippen LogP contribution in [0.2, 0.25) is 0 Å². The molecule has 0 N–H and O–H groups in total. The highest BCUT2D eigenvalue weighted by Gasteiger charge is 2.03. The third-order valence-electron chi connectivity index (χ3n) is 7.35. The largest absolute Gasteiger partial charge is 0.254 e. The van der Waals surface area contributed by atoms with Crippen LogP contribution < -0.4 is 0 Å². The van der Waals surface area contributed by atoms with Gasteiger partial charge in [-0.1, -0.05) is 132 Å². The predicted octanol–water partition coefficient (Wildman–Crippen LogP) is 12.4. The van der Waals surface area contributed by atoms with Crippen molar-refractivity contribution in [2.45, 2.75) is 124 Å². The molecule has 0 aliphatic carbocycles. The molecule has 0 amide bonds. The van der Waals surface area contributed by atoms with Crippen LogP contribution in [0.5, 0.6) is 0 Å². The van der Waals surface area contributed by atoms with Gasteiger partial charge in [-0.2, -0.15) is 0 Å². The predicted molar refractivity (Wildman–Crippen MR) is 185 cm³/mol. The Hall–Kier alpha value is -3.00. The van der Waals surface area contributed by atoms with Crippen molar-refractivity contribution >= 4 is 23.3 Å². The third kappa shape index (κ3) is 16.1. The molecular formula is C39H56N2. The fourth-order valence-corrected chi connectivity index (χ4v) is 4.91. The molecule has 0 unspecified atom stereocenters. The zero-order valence-corrected chi connectivity index (χ0v) is 26.4. The van der Waals surface area contributed by atoms with E-state index in [4.69, 9.17) is 9.98 Å². The summed E-state index contributed by atoms with van der Waals surface area (Å²) in [5.41, 5.74) is 5.51. The van der Waals surface area contributed by atoms with E-state index in [1.165, 1.54) is 88.2 Å². The van der Waals surface area contributed by atoms with Crippen LogP contribution in [-0.4, -0.2) is 11.9 Å². The Balaban J connectivity index is 1.96. The van der Waals surface area contributed by atoms with Crippen LogP contribution >= 0.6 is 0 Å². The smallest absolute Gasteiger partial charge is 0.0816 e. The standard InChI is InChI=1S/C39H56N2/c1-4-7-9-11-13-15-17-19-21-28-35-30-23-25-32-38(35)40-34-37(27-6-3)41-39-33-26-24-31-36(39)29-22-20-18-16-14-12-10-8-5-2/h6,17-20,23-27,30-34H,4-5,7-16,21-22,28-29H2,1-3H3. The van der Waals surface area contributed by atoms with Crippen molar-refractivity contribution in [3.05, 3.63) is 96.1 Å². The number of hydrogen-bond donors (Lipinski definition) is 0. The van der Waals surface area contributed by atoms with Gasteiger partial charge < -0.3 is 0 Å². The summed E-state index contributed by atoms with van der Waals surface area (Å²) in [7, 11) is 0. The van der Waals surface area contributed by atoms with Crippen LogP contribution in [0.1, 0.15) is 122 Å². The van der Waals surface area contributed by atoms with Gasteiger partial charge in [0.2, 0.25) is 0 Å². The second kappa shape index (κ2) is 23.7. The van der Waals surface area contributed by atoms with Gasteiger partial charge >= 0.3 is 0 Å². The highest BCUT2D eigenvalue weighted by Crippen LogP contribution is 2.23. The molecule has 2 heteroatoms. The summed E-state index contributed by atoms with van der Waals surface area (Å²) in [4.78, 5) is 9.91. The van der Waals surface area contributed by atoms with Gasteiger partial charge in [0, 0.05) is 0 Å². The zero-order chi connectivity index (χ0) is 29.2. The van der Waals surface area contributed by atoms with Gasteiger partial charge in [-0.25, -0.2) is 4.99 Å². The van der Waals surface area contributed by atoms with Crippen LogP contribution in [0.3, 0.4) is 0 Å². The van der Waals surface area contributed by atoms with Crippen LogP contribution in [0.4, 0.5) is 11.4 Å². The molecule has 0 atom stereocenters. The molecule has 0 aliphatic rings. The molecule has 0 aromatic heterocycles. The molecule has 0 bridgehead atoms. The van der Waals surface area contributed by atoms with Gasteiger partial charge in [-0.15, -0.1) is 0 Å². The number of nitrogens with zero attached hydrogens (tertiary/aromatic N) is 2. The van der Waals surface area contributed by atoms with E-state index >= 15 is 0 Å². The van der Waals surface area contributed by atoms with Crippen molar-refractivity contribution < 1.29 is 0 Å². The summed E-state index contributed by atoms with van der Waals surface area (Å²) in [6.07, 6.45) is 35.3. The molecule has 0 heterocycles. The molecule has 0 spiro atoms. The van der Waals surface area contributed by atoms with Gasteiger partial charge in [0.15, 0.2) is 0 Å². The highest BCUT2D eigenvalue weighted by atomic mass is 14.8. The van der Waals surface area contributed by atoms with Gasteiger partial charge in [0.25, 0.3) is 0 Å². The van der Waals surface area contributed by atoms with Crippen molar-refractivity contribution in [3.63, 3.8) is 0 Å². The lowest BCUT2D eigenvalue weighted by molar-refractivity contribution is 0.637. The quantitative estimate of drug-likeness (QED) is 0.0788. The fourth-order valence-electron chi connectivity index (χ4n) is 4.91. The molecule has 41 heavy (non-hydrogen) atoms. The van der Waals surface area contributed by atoms with Gasteiger partial charge in [-0.05, 0) is 87.6 Å². The van der Waals surface area contributed by atoms with E-state index in [0.29, 0.717) is 0 Å². The number of rotatable bonds is 22.